The number of rotatable bonds is 4. The normalized spacial score (nSPS) is 10.0. The highest BCUT2D eigenvalue weighted by atomic mass is 35.5. The smallest absolute Gasteiger partial charge is 0.306 e. The molecule has 8 heteroatoms. The zero-order valence-corrected chi connectivity index (χ0v) is 18.1. The van der Waals surface area contributed by atoms with Crippen LogP contribution in [0.5, 0.6) is 0 Å². The maximum atomic E-state index is 11.5. The summed E-state index contributed by atoms with van der Waals surface area (Å²) in [4.78, 5) is 19.7. The molecule has 2 rings (SSSR count). The highest BCUT2D eigenvalue weighted by molar-refractivity contribution is 5.85. The van der Waals surface area contributed by atoms with Crippen LogP contribution in [0.1, 0.15) is 57.1 Å². The van der Waals surface area contributed by atoms with Crippen LogP contribution in [-0.4, -0.2) is 21.5 Å². The van der Waals surface area contributed by atoms with Crippen LogP contribution in [0.25, 0.3) is 0 Å². The number of esters is 1. The van der Waals surface area contributed by atoms with Gasteiger partial charge in [-0.15, -0.1) is 12.4 Å². The van der Waals surface area contributed by atoms with Crippen LogP contribution in [0.2, 0.25) is 0 Å². The zero-order valence-electron chi connectivity index (χ0n) is 17.3. The number of carbonyl (C=O) groups is 1. The third-order valence-electron chi connectivity index (χ3n) is 3.67. The van der Waals surface area contributed by atoms with Crippen LogP contribution in [0.3, 0.4) is 0 Å². The molecule has 2 heterocycles. The van der Waals surface area contributed by atoms with Crippen molar-refractivity contribution in [3.8, 4) is 0 Å². The Morgan fingerprint density at radius 2 is 1.41 bits per heavy atom. The minimum Gasteiger partial charge on any atom is -0.460 e. The molecule has 0 saturated carbocycles. The zero-order chi connectivity index (χ0) is 20.6. The van der Waals surface area contributed by atoms with Crippen molar-refractivity contribution in [1.29, 1.82) is 0 Å². The summed E-state index contributed by atoms with van der Waals surface area (Å²) in [6.07, 6.45) is 0.998. The SMILES string of the molecule is C.Cc1nc(N)ccc1CCC(=O)OC(C)(C)C.Cc1nc(N)ccc1CN.Cl. The number of nitrogen functional groups attached to an aromatic ring is 2. The van der Waals surface area contributed by atoms with Gasteiger partial charge in [-0.05, 0) is 64.3 Å². The molecule has 2 aromatic rings. The number of anilines is 2. The molecule has 0 amide bonds. The molecule has 0 saturated heterocycles. The van der Waals surface area contributed by atoms with E-state index in [0.29, 0.717) is 31.0 Å². The van der Waals surface area contributed by atoms with Crippen molar-refractivity contribution in [3.05, 3.63) is 46.8 Å². The van der Waals surface area contributed by atoms with E-state index in [1.165, 1.54) is 0 Å². The Morgan fingerprint density at radius 1 is 0.966 bits per heavy atom. The maximum Gasteiger partial charge on any atom is 0.306 e. The van der Waals surface area contributed by atoms with Gasteiger partial charge in [-0.3, -0.25) is 4.79 Å². The molecule has 0 spiro atoms. The molecule has 0 fully saturated rings. The van der Waals surface area contributed by atoms with E-state index in [-0.39, 0.29) is 25.8 Å². The number of carbonyl (C=O) groups excluding carboxylic acids is 1. The lowest BCUT2D eigenvalue weighted by Gasteiger charge is -2.19. The molecule has 6 N–H and O–H groups in total. The Balaban J connectivity index is 0. The summed E-state index contributed by atoms with van der Waals surface area (Å²) in [7, 11) is 0. The van der Waals surface area contributed by atoms with Crippen LogP contribution >= 0.6 is 12.4 Å². The lowest BCUT2D eigenvalue weighted by Crippen LogP contribution is -2.24. The number of nitrogens with two attached hydrogens (primary N) is 3. The summed E-state index contributed by atoms with van der Waals surface area (Å²) in [5.74, 6) is 0.868. The fourth-order valence-electron chi connectivity index (χ4n) is 2.33. The van der Waals surface area contributed by atoms with Crippen molar-refractivity contribution in [1.82, 2.24) is 9.97 Å². The first-order chi connectivity index (χ1) is 12.5. The Hall–Kier alpha value is -2.38. The first-order valence-corrected chi connectivity index (χ1v) is 8.87. The average Bonchev–Trinajstić information content (AvgIpc) is 2.53. The fourth-order valence-corrected chi connectivity index (χ4v) is 2.33. The molecule has 0 aliphatic carbocycles. The number of nitrogens with zero attached hydrogens (tertiary/aromatic N) is 2. The topological polar surface area (TPSA) is 130 Å². The number of pyridine rings is 2. The molecule has 0 radical (unpaired) electrons. The van der Waals surface area contributed by atoms with Crippen LogP contribution in [0, 0.1) is 13.8 Å². The Kier molecular flexibility index (Phi) is 12.9. The number of hydrogen-bond donors (Lipinski definition) is 3. The molecule has 164 valence electrons. The third-order valence-corrected chi connectivity index (χ3v) is 3.67. The quantitative estimate of drug-likeness (QED) is 0.636. The summed E-state index contributed by atoms with van der Waals surface area (Å²) >= 11 is 0. The number of halogens is 1. The molecule has 0 aliphatic heterocycles. The Morgan fingerprint density at radius 3 is 1.79 bits per heavy atom. The fraction of sp³-hybridized carbons (Fsp3) is 0.476. The van der Waals surface area contributed by atoms with Gasteiger partial charge in [-0.1, -0.05) is 19.6 Å². The lowest BCUT2D eigenvalue weighted by molar-refractivity contribution is -0.154. The van der Waals surface area contributed by atoms with Crippen molar-refractivity contribution in [2.45, 2.75) is 67.0 Å². The van der Waals surface area contributed by atoms with Crippen molar-refractivity contribution in [2.75, 3.05) is 11.5 Å². The van der Waals surface area contributed by atoms with Gasteiger partial charge in [-0.2, -0.15) is 0 Å². The van der Waals surface area contributed by atoms with E-state index >= 15 is 0 Å². The number of ether oxygens (including phenoxy) is 1. The van der Waals surface area contributed by atoms with Crippen molar-refractivity contribution >= 4 is 30.0 Å². The summed E-state index contributed by atoms with van der Waals surface area (Å²) in [5.41, 5.74) is 19.9. The largest absolute Gasteiger partial charge is 0.460 e. The van der Waals surface area contributed by atoms with Gasteiger partial charge in [-0.25, -0.2) is 9.97 Å². The lowest BCUT2D eigenvalue weighted by atomic mass is 10.1. The van der Waals surface area contributed by atoms with Gasteiger partial charge in [0.05, 0.1) is 0 Å². The summed E-state index contributed by atoms with van der Waals surface area (Å²) in [6.45, 7) is 9.90. The van der Waals surface area contributed by atoms with Crippen molar-refractivity contribution < 1.29 is 9.53 Å². The molecule has 0 aromatic carbocycles. The van der Waals surface area contributed by atoms with Gasteiger partial charge < -0.3 is 21.9 Å². The summed E-state index contributed by atoms with van der Waals surface area (Å²) in [6, 6.07) is 7.31. The predicted octanol–water partition coefficient (Wildman–Crippen LogP) is 3.74. The number of aryl methyl sites for hydroxylation is 3. The van der Waals surface area contributed by atoms with E-state index in [9.17, 15) is 4.79 Å². The van der Waals surface area contributed by atoms with Gasteiger partial charge in [0, 0.05) is 24.4 Å². The van der Waals surface area contributed by atoms with Gasteiger partial charge in [0.15, 0.2) is 0 Å². The summed E-state index contributed by atoms with van der Waals surface area (Å²) in [5, 5.41) is 0. The van der Waals surface area contributed by atoms with Crippen LogP contribution < -0.4 is 17.2 Å². The minimum atomic E-state index is -0.425. The second-order valence-corrected chi connectivity index (χ2v) is 7.25. The predicted molar refractivity (Wildman–Crippen MR) is 123 cm³/mol. The molecule has 0 unspecified atom stereocenters. The molecular weight excluding hydrogens is 390 g/mol. The molecule has 29 heavy (non-hydrogen) atoms. The van der Waals surface area contributed by atoms with Crippen LogP contribution in [-0.2, 0) is 22.5 Å². The van der Waals surface area contributed by atoms with E-state index < -0.39 is 5.60 Å². The van der Waals surface area contributed by atoms with Gasteiger partial charge in [0.2, 0.25) is 0 Å². The standard InChI is InChI=1S/C13H20N2O2.C7H11N3.CH4.ClH/c1-9-10(5-7-11(14)15-9)6-8-12(16)17-13(2,3)4;1-5-6(4-8)2-3-7(9)10-5;;/h5,7H,6,8H2,1-4H3,(H2,14,15);2-3H,4,8H2,1H3,(H2,9,10);1H4;1H. The van der Waals surface area contributed by atoms with Gasteiger partial charge >= 0.3 is 5.97 Å². The first kappa shape index (κ1) is 28.8. The second kappa shape index (κ2) is 13.0. The molecular formula is C21H36ClN5O2. The first-order valence-electron chi connectivity index (χ1n) is 8.87. The Labute approximate surface area is 180 Å². The average molecular weight is 426 g/mol. The Bertz CT molecular complexity index is 776. The van der Waals surface area contributed by atoms with E-state index in [0.717, 1.165) is 22.5 Å². The number of aromatic nitrogens is 2. The van der Waals surface area contributed by atoms with Crippen molar-refractivity contribution in [3.63, 3.8) is 0 Å². The maximum absolute atomic E-state index is 11.5. The molecule has 0 atom stereocenters. The highest BCUT2D eigenvalue weighted by Gasteiger charge is 2.16. The van der Waals surface area contributed by atoms with E-state index in [1.54, 1.807) is 12.1 Å². The third kappa shape index (κ3) is 11.3. The van der Waals surface area contributed by atoms with Gasteiger partial charge in [0.1, 0.15) is 17.2 Å². The molecule has 7 nitrogen and oxygen atoms in total. The molecule has 0 aliphatic rings. The van der Waals surface area contributed by atoms with Crippen molar-refractivity contribution in [2.24, 2.45) is 5.73 Å². The molecule has 0 bridgehead atoms. The number of hydrogen-bond acceptors (Lipinski definition) is 7. The van der Waals surface area contributed by atoms with E-state index in [2.05, 4.69) is 9.97 Å². The van der Waals surface area contributed by atoms with Gasteiger partial charge in [0.25, 0.3) is 0 Å². The second-order valence-electron chi connectivity index (χ2n) is 7.25. The molecule has 2 aromatic heterocycles. The minimum absolute atomic E-state index is 0. The van der Waals surface area contributed by atoms with E-state index in [4.69, 9.17) is 21.9 Å². The van der Waals surface area contributed by atoms with Crippen LogP contribution in [0.15, 0.2) is 24.3 Å². The van der Waals surface area contributed by atoms with E-state index in [1.807, 2.05) is 46.8 Å². The highest BCUT2D eigenvalue weighted by Crippen LogP contribution is 2.13. The monoisotopic (exact) mass is 425 g/mol. The summed E-state index contributed by atoms with van der Waals surface area (Å²) < 4.78 is 5.24. The van der Waals surface area contributed by atoms with Crippen LogP contribution in [0.4, 0.5) is 11.6 Å².